The zero-order valence-corrected chi connectivity index (χ0v) is 40.4. The van der Waals surface area contributed by atoms with E-state index in [4.69, 9.17) is 17.7 Å². The SMILES string of the molecule is CC(C)(C)[Si](C)(C)OC[C@@H]1C(O[Si](C)(C)C(C)(C)C)C(O[Si](C)(C)C(C)(C)C)C(O[Si](C)(C)C(C)(C)C)CN1CCc1ccc(CCO)cc1. The number of nitrogens with zero attached hydrogens (tertiary/aromatic N) is 1. The summed E-state index contributed by atoms with van der Waals surface area (Å²) in [6, 6.07) is 8.81. The molecule has 0 aliphatic carbocycles. The van der Waals surface area contributed by atoms with Crippen molar-refractivity contribution in [1.29, 1.82) is 0 Å². The van der Waals surface area contributed by atoms with Crippen LogP contribution in [0.3, 0.4) is 0 Å². The van der Waals surface area contributed by atoms with E-state index in [1.807, 2.05) is 0 Å². The second kappa shape index (κ2) is 16.3. The molecule has 1 saturated heterocycles. The van der Waals surface area contributed by atoms with Gasteiger partial charge in [0.25, 0.3) is 0 Å². The van der Waals surface area contributed by atoms with Gasteiger partial charge in [-0.2, -0.15) is 0 Å². The first-order valence-electron chi connectivity index (χ1n) is 19.4. The molecule has 0 amide bonds. The summed E-state index contributed by atoms with van der Waals surface area (Å²) in [6.45, 7) is 49.5. The van der Waals surface area contributed by atoms with E-state index in [-0.39, 0.29) is 51.1 Å². The highest BCUT2D eigenvalue weighted by Crippen LogP contribution is 2.46. The number of benzene rings is 1. The zero-order chi connectivity index (χ0) is 38.9. The van der Waals surface area contributed by atoms with Crippen LogP contribution < -0.4 is 0 Å². The van der Waals surface area contributed by atoms with E-state index in [1.165, 1.54) is 11.1 Å². The molecule has 1 aromatic carbocycles. The zero-order valence-electron chi connectivity index (χ0n) is 36.4. The van der Waals surface area contributed by atoms with Gasteiger partial charge in [-0.25, -0.2) is 0 Å². The molecule has 0 bridgehead atoms. The fourth-order valence-corrected chi connectivity index (χ4v) is 10.3. The summed E-state index contributed by atoms with van der Waals surface area (Å²) >= 11 is 0. The minimum absolute atomic E-state index is 0.0287. The molecule has 1 aliphatic heterocycles. The lowest BCUT2D eigenvalue weighted by Crippen LogP contribution is -2.70. The minimum atomic E-state index is -2.26. The van der Waals surface area contributed by atoms with Crippen LogP contribution in [0.1, 0.15) is 94.2 Å². The molecule has 1 fully saturated rings. The maximum absolute atomic E-state index is 9.46. The third-order valence-electron chi connectivity index (χ3n) is 13.2. The molecule has 0 aromatic heterocycles. The van der Waals surface area contributed by atoms with Crippen LogP contribution >= 0.6 is 0 Å². The molecule has 4 atom stereocenters. The number of rotatable bonds is 14. The Bertz CT molecular complexity index is 1210. The van der Waals surface area contributed by atoms with Gasteiger partial charge >= 0.3 is 0 Å². The smallest absolute Gasteiger partial charge is 0.192 e. The summed E-state index contributed by atoms with van der Waals surface area (Å²) in [5, 5.41) is 9.70. The summed E-state index contributed by atoms with van der Waals surface area (Å²) in [7, 11) is -8.76. The van der Waals surface area contributed by atoms with Crippen LogP contribution in [0.5, 0.6) is 0 Å². The predicted octanol–water partition coefficient (Wildman–Crippen LogP) is 10.6. The van der Waals surface area contributed by atoms with Crippen LogP contribution in [0.15, 0.2) is 24.3 Å². The van der Waals surface area contributed by atoms with E-state index < -0.39 is 33.3 Å². The monoisotopic (exact) mass is 768 g/mol. The molecular weight excluding hydrogens is 687 g/mol. The maximum Gasteiger partial charge on any atom is 0.192 e. The van der Waals surface area contributed by atoms with Crippen molar-refractivity contribution < 1.29 is 22.8 Å². The van der Waals surface area contributed by atoms with E-state index in [1.54, 1.807) is 0 Å². The number of aliphatic hydroxyl groups is 1. The normalized spacial score (nSPS) is 22.7. The third kappa shape index (κ3) is 11.7. The van der Waals surface area contributed by atoms with Gasteiger partial charge in [0, 0.05) is 19.7 Å². The number of piperidine rings is 1. The summed E-state index contributed by atoms with van der Waals surface area (Å²) in [5.74, 6) is 0. The minimum Gasteiger partial charge on any atom is -0.415 e. The molecule has 1 N–H and O–H groups in total. The Hall–Kier alpha value is -0.152. The first kappa shape index (κ1) is 46.0. The van der Waals surface area contributed by atoms with E-state index >= 15 is 0 Å². The average molecular weight is 768 g/mol. The quantitative estimate of drug-likeness (QED) is 0.190. The topological polar surface area (TPSA) is 60.4 Å². The van der Waals surface area contributed by atoms with Crippen molar-refractivity contribution in [3.8, 4) is 0 Å². The fraction of sp³-hybridized carbons (Fsp3) is 0.850. The van der Waals surface area contributed by atoms with Crippen LogP contribution in [-0.4, -0.2) is 93.9 Å². The lowest BCUT2D eigenvalue weighted by atomic mass is 9.93. The number of likely N-dealkylation sites (tertiary alicyclic amines) is 1. The maximum atomic E-state index is 9.46. The highest BCUT2D eigenvalue weighted by molar-refractivity contribution is 6.75. The van der Waals surface area contributed by atoms with Crippen LogP contribution in [0.4, 0.5) is 0 Å². The largest absolute Gasteiger partial charge is 0.415 e. The Morgan fingerprint density at radius 2 is 0.960 bits per heavy atom. The highest BCUT2D eigenvalue weighted by Gasteiger charge is 2.55. The van der Waals surface area contributed by atoms with Crippen molar-refractivity contribution in [2.45, 2.75) is 193 Å². The van der Waals surface area contributed by atoms with E-state index in [9.17, 15) is 5.11 Å². The Morgan fingerprint density at radius 1 is 0.580 bits per heavy atom. The number of hydrogen-bond acceptors (Lipinski definition) is 6. The van der Waals surface area contributed by atoms with Crippen LogP contribution in [0, 0.1) is 0 Å². The Labute approximate surface area is 314 Å². The first-order valence-corrected chi connectivity index (χ1v) is 31.0. The second-order valence-electron chi connectivity index (χ2n) is 21.3. The van der Waals surface area contributed by atoms with Crippen LogP contribution in [-0.2, 0) is 30.5 Å². The van der Waals surface area contributed by atoms with Crippen molar-refractivity contribution in [2.24, 2.45) is 0 Å². The molecule has 1 heterocycles. The van der Waals surface area contributed by atoms with Crippen molar-refractivity contribution in [1.82, 2.24) is 4.90 Å². The number of aliphatic hydroxyl groups excluding tert-OH is 1. The van der Waals surface area contributed by atoms with E-state index in [0.717, 1.165) is 19.5 Å². The standard InChI is InChI=1S/C40H81NO5Si4/c1-37(2,3)47(13,14)43-30-33-35(45-49(17,18)39(7,8)9)36(46-50(19,20)40(10,11)12)34(44-48(15,16)38(4,5)6)29-41(33)27-25-31-21-23-32(24-22-31)26-28-42/h21-24,33-36,42H,25-30H2,1-20H3/t33-,34?,35?,36?/m1/s1. The van der Waals surface area contributed by atoms with Crippen molar-refractivity contribution in [3.05, 3.63) is 35.4 Å². The molecule has 6 nitrogen and oxygen atoms in total. The van der Waals surface area contributed by atoms with Gasteiger partial charge in [0.15, 0.2) is 33.3 Å². The first-order chi connectivity index (χ1) is 22.3. The van der Waals surface area contributed by atoms with E-state index in [0.29, 0.717) is 13.0 Å². The molecule has 50 heavy (non-hydrogen) atoms. The summed E-state index contributed by atoms with van der Waals surface area (Å²) < 4.78 is 29.9. The fourth-order valence-electron chi connectivity index (χ4n) is 5.33. The summed E-state index contributed by atoms with van der Waals surface area (Å²) in [5.41, 5.74) is 2.48. The molecule has 292 valence electrons. The predicted molar refractivity (Wildman–Crippen MR) is 226 cm³/mol. The lowest BCUT2D eigenvalue weighted by molar-refractivity contribution is -0.128. The molecule has 2 rings (SSSR count). The molecule has 1 aliphatic rings. The van der Waals surface area contributed by atoms with Crippen LogP contribution in [0.2, 0.25) is 72.5 Å². The van der Waals surface area contributed by atoms with E-state index in [2.05, 4.69) is 165 Å². The van der Waals surface area contributed by atoms with Crippen LogP contribution in [0.25, 0.3) is 0 Å². The van der Waals surface area contributed by atoms with Gasteiger partial charge in [-0.1, -0.05) is 107 Å². The van der Waals surface area contributed by atoms with Gasteiger partial charge in [0.1, 0.15) is 0 Å². The molecule has 10 heteroatoms. The summed E-state index contributed by atoms with van der Waals surface area (Å²) in [6.07, 6.45) is 1.11. The summed E-state index contributed by atoms with van der Waals surface area (Å²) in [4.78, 5) is 2.65. The van der Waals surface area contributed by atoms with Gasteiger partial charge in [-0.15, -0.1) is 0 Å². The average Bonchev–Trinajstić information content (AvgIpc) is 2.91. The van der Waals surface area contributed by atoms with Gasteiger partial charge in [-0.3, -0.25) is 4.90 Å². The van der Waals surface area contributed by atoms with Crippen molar-refractivity contribution in [2.75, 3.05) is 26.3 Å². The Morgan fingerprint density at radius 3 is 1.36 bits per heavy atom. The lowest BCUT2D eigenvalue weighted by Gasteiger charge is -2.56. The second-order valence-corrected chi connectivity index (χ2v) is 40.4. The van der Waals surface area contributed by atoms with Gasteiger partial charge in [0.2, 0.25) is 0 Å². The van der Waals surface area contributed by atoms with Gasteiger partial charge < -0.3 is 22.8 Å². The number of hydrogen-bond donors (Lipinski definition) is 1. The molecular formula is C40H81NO5Si4. The van der Waals surface area contributed by atoms with Crippen molar-refractivity contribution in [3.63, 3.8) is 0 Å². The Kier molecular flexibility index (Phi) is 15.0. The van der Waals surface area contributed by atoms with Gasteiger partial charge in [0.05, 0.1) is 31.0 Å². The Balaban J connectivity index is 2.80. The molecule has 0 radical (unpaired) electrons. The molecule has 1 aromatic rings. The third-order valence-corrected chi connectivity index (χ3v) is 31.2. The molecule has 3 unspecified atom stereocenters. The molecule has 0 spiro atoms. The molecule has 0 saturated carbocycles. The van der Waals surface area contributed by atoms with Gasteiger partial charge in [-0.05, 0) is 96.5 Å². The van der Waals surface area contributed by atoms with Crippen molar-refractivity contribution >= 4 is 33.3 Å². The highest BCUT2D eigenvalue weighted by atomic mass is 28.4.